The molecule has 1 atom stereocenters. The zero-order valence-corrected chi connectivity index (χ0v) is 12.2. The first-order valence-corrected chi connectivity index (χ1v) is 7.17. The standard InChI is InChI=1S/C18H22FN/c1-14-8-10-17(12-18(14)19)13-20-15(2)9-11-16-6-4-3-5-7-16/h3-8,10,12,15,20H,9,11,13H2,1-2H3. The van der Waals surface area contributed by atoms with Crippen molar-refractivity contribution in [2.45, 2.75) is 39.3 Å². The molecule has 1 N–H and O–H groups in total. The molecule has 2 rings (SSSR count). The average Bonchev–Trinajstić information content (AvgIpc) is 2.47. The first kappa shape index (κ1) is 14.7. The molecule has 2 aromatic carbocycles. The van der Waals surface area contributed by atoms with Crippen LogP contribution in [0.15, 0.2) is 48.5 Å². The van der Waals surface area contributed by atoms with Gasteiger partial charge in [-0.05, 0) is 49.4 Å². The number of aryl methyl sites for hydroxylation is 2. The second-order valence-electron chi connectivity index (χ2n) is 5.39. The highest BCUT2D eigenvalue weighted by atomic mass is 19.1. The maximum atomic E-state index is 13.4. The second kappa shape index (κ2) is 7.20. The number of hydrogen-bond acceptors (Lipinski definition) is 1. The van der Waals surface area contributed by atoms with Gasteiger partial charge < -0.3 is 5.32 Å². The van der Waals surface area contributed by atoms with Crippen molar-refractivity contribution >= 4 is 0 Å². The Kier molecular flexibility index (Phi) is 5.31. The van der Waals surface area contributed by atoms with Crippen LogP contribution in [0.2, 0.25) is 0 Å². The molecule has 0 spiro atoms. The van der Waals surface area contributed by atoms with Gasteiger partial charge in [-0.15, -0.1) is 0 Å². The summed E-state index contributed by atoms with van der Waals surface area (Å²) < 4.78 is 13.4. The zero-order chi connectivity index (χ0) is 14.4. The van der Waals surface area contributed by atoms with Crippen molar-refractivity contribution in [3.05, 3.63) is 71.0 Å². The lowest BCUT2D eigenvalue weighted by atomic mass is 10.1. The largest absolute Gasteiger partial charge is 0.310 e. The topological polar surface area (TPSA) is 12.0 Å². The molecule has 0 heterocycles. The molecule has 106 valence electrons. The van der Waals surface area contributed by atoms with Crippen LogP contribution in [0.25, 0.3) is 0 Å². The van der Waals surface area contributed by atoms with Crippen LogP contribution in [-0.4, -0.2) is 6.04 Å². The van der Waals surface area contributed by atoms with Crippen molar-refractivity contribution in [2.75, 3.05) is 0 Å². The van der Waals surface area contributed by atoms with E-state index in [1.807, 2.05) is 18.2 Å². The minimum Gasteiger partial charge on any atom is -0.310 e. The molecule has 0 fully saturated rings. The molecular weight excluding hydrogens is 249 g/mol. The molecule has 1 nitrogen and oxygen atoms in total. The van der Waals surface area contributed by atoms with Crippen molar-refractivity contribution in [1.29, 1.82) is 0 Å². The Balaban J connectivity index is 1.77. The fraction of sp³-hybridized carbons (Fsp3) is 0.333. The smallest absolute Gasteiger partial charge is 0.126 e. The van der Waals surface area contributed by atoms with Crippen LogP contribution in [0.3, 0.4) is 0 Å². The van der Waals surface area contributed by atoms with Crippen molar-refractivity contribution in [1.82, 2.24) is 5.32 Å². The number of halogens is 1. The first-order chi connectivity index (χ1) is 9.65. The minimum absolute atomic E-state index is 0.124. The molecule has 0 saturated heterocycles. The SMILES string of the molecule is Cc1ccc(CNC(C)CCc2ccccc2)cc1F. The van der Waals surface area contributed by atoms with E-state index in [4.69, 9.17) is 0 Å². The van der Waals surface area contributed by atoms with Gasteiger partial charge in [0.25, 0.3) is 0 Å². The maximum absolute atomic E-state index is 13.4. The Morgan fingerprint density at radius 3 is 2.50 bits per heavy atom. The highest BCUT2D eigenvalue weighted by Gasteiger charge is 2.04. The summed E-state index contributed by atoms with van der Waals surface area (Å²) in [5.74, 6) is -0.124. The molecule has 0 amide bonds. The Bertz CT molecular complexity index is 536. The van der Waals surface area contributed by atoms with Gasteiger partial charge in [-0.3, -0.25) is 0 Å². The third-order valence-electron chi connectivity index (χ3n) is 3.60. The fourth-order valence-corrected chi connectivity index (χ4v) is 2.17. The summed E-state index contributed by atoms with van der Waals surface area (Å²) in [7, 11) is 0. The van der Waals surface area contributed by atoms with Gasteiger partial charge in [-0.2, -0.15) is 0 Å². The summed E-state index contributed by atoms with van der Waals surface area (Å²) in [5.41, 5.74) is 3.06. The predicted molar refractivity (Wildman–Crippen MR) is 82.2 cm³/mol. The minimum atomic E-state index is -0.124. The quantitative estimate of drug-likeness (QED) is 0.828. The lowest BCUT2D eigenvalue weighted by Crippen LogP contribution is -2.26. The van der Waals surface area contributed by atoms with E-state index in [0.29, 0.717) is 18.2 Å². The Morgan fingerprint density at radius 2 is 1.80 bits per heavy atom. The van der Waals surface area contributed by atoms with Gasteiger partial charge in [0.05, 0.1) is 0 Å². The number of nitrogens with one attached hydrogen (secondary N) is 1. The molecule has 0 aliphatic rings. The number of rotatable bonds is 6. The van der Waals surface area contributed by atoms with Crippen molar-refractivity contribution in [3.8, 4) is 0 Å². The molecule has 0 saturated carbocycles. The highest BCUT2D eigenvalue weighted by Crippen LogP contribution is 2.10. The molecule has 0 aliphatic carbocycles. The van der Waals surface area contributed by atoms with Crippen LogP contribution in [0.1, 0.15) is 30.0 Å². The van der Waals surface area contributed by atoms with E-state index in [9.17, 15) is 4.39 Å². The Labute approximate surface area is 120 Å². The van der Waals surface area contributed by atoms with Gasteiger partial charge in [-0.25, -0.2) is 4.39 Å². The Hall–Kier alpha value is -1.67. The summed E-state index contributed by atoms with van der Waals surface area (Å²) in [6, 6.07) is 16.3. The van der Waals surface area contributed by atoms with Gasteiger partial charge in [0.1, 0.15) is 5.82 Å². The molecule has 0 aliphatic heterocycles. The van der Waals surface area contributed by atoms with Crippen LogP contribution in [0.5, 0.6) is 0 Å². The van der Waals surface area contributed by atoms with Crippen LogP contribution in [-0.2, 0) is 13.0 Å². The lowest BCUT2D eigenvalue weighted by molar-refractivity contribution is 0.512. The van der Waals surface area contributed by atoms with Gasteiger partial charge >= 0.3 is 0 Å². The molecule has 0 bridgehead atoms. The van der Waals surface area contributed by atoms with E-state index < -0.39 is 0 Å². The van der Waals surface area contributed by atoms with Crippen LogP contribution in [0, 0.1) is 12.7 Å². The predicted octanol–water partition coefficient (Wildman–Crippen LogP) is 4.25. The molecule has 2 aromatic rings. The van der Waals surface area contributed by atoms with Gasteiger partial charge in [-0.1, -0.05) is 42.5 Å². The van der Waals surface area contributed by atoms with Crippen molar-refractivity contribution in [3.63, 3.8) is 0 Å². The van der Waals surface area contributed by atoms with E-state index in [1.54, 1.807) is 13.0 Å². The fourth-order valence-electron chi connectivity index (χ4n) is 2.17. The molecule has 2 heteroatoms. The monoisotopic (exact) mass is 271 g/mol. The van der Waals surface area contributed by atoms with Crippen molar-refractivity contribution < 1.29 is 4.39 Å². The van der Waals surface area contributed by atoms with Crippen LogP contribution in [0.4, 0.5) is 4.39 Å². The summed E-state index contributed by atoms with van der Waals surface area (Å²) in [6.07, 6.45) is 2.15. The molecule has 0 aromatic heterocycles. The summed E-state index contributed by atoms with van der Waals surface area (Å²) >= 11 is 0. The van der Waals surface area contributed by atoms with Gasteiger partial charge in [0, 0.05) is 12.6 Å². The Morgan fingerprint density at radius 1 is 1.05 bits per heavy atom. The van der Waals surface area contributed by atoms with Crippen LogP contribution < -0.4 is 5.32 Å². The number of hydrogen-bond donors (Lipinski definition) is 1. The second-order valence-corrected chi connectivity index (χ2v) is 5.39. The van der Waals surface area contributed by atoms with E-state index in [-0.39, 0.29) is 5.82 Å². The van der Waals surface area contributed by atoms with Crippen molar-refractivity contribution in [2.24, 2.45) is 0 Å². The summed E-state index contributed by atoms with van der Waals surface area (Å²) in [4.78, 5) is 0. The molecule has 0 radical (unpaired) electrons. The average molecular weight is 271 g/mol. The summed E-state index contributed by atoms with van der Waals surface area (Å²) in [5, 5.41) is 3.45. The zero-order valence-electron chi connectivity index (χ0n) is 12.2. The van der Waals surface area contributed by atoms with E-state index >= 15 is 0 Å². The lowest BCUT2D eigenvalue weighted by Gasteiger charge is -2.14. The van der Waals surface area contributed by atoms with Gasteiger partial charge in [0.15, 0.2) is 0 Å². The van der Waals surface area contributed by atoms with E-state index in [0.717, 1.165) is 18.4 Å². The molecule has 20 heavy (non-hydrogen) atoms. The van der Waals surface area contributed by atoms with E-state index in [2.05, 4.69) is 36.5 Å². The van der Waals surface area contributed by atoms with Crippen LogP contribution >= 0.6 is 0 Å². The summed E-state index contributed by atoms with van der Waals surface area (Å²) in [6.45, 7) is 4.68. The molecular formula is C18H22FN. The third kappa shape index (κ3) is 4.46. The maximum Gasteiger partial charge on any atom is 0.126 e. The number of benzene rings is 2. The molecule has 1 unspecified atom stereocenters. The third-order valence-corrected chi connectivity index (χ3v) is 3.60. The highest BCUT2D eigenvalue weighted by molar-refractivity contribution is 5.23. The first-order valence-electron chi connectivity index (χ1n) is 7.17. The van der Waals surface area contributed by atoms with Gasteiger partial charge in [0.2, 0.25) is 0 Å². The van der Waals surface area contributed by atoms with E-state index in [1.165, 1.54) is 5.56 Å². The normalized spacial score (nSPS) is 12.3.